The number of amides is 1. The summed E-state index contributed by atoms with van der Waals surface area (Å²) in [6.07, 6.45) is -0.0606. The van der Waals surface area contributed by atoms with E-state index in [0.29, 0.717) is 27.4 Å². The molecule has 4 N–H and O–H groups in total. The lowest BCUT2D eigenvalue weighted by atomic mass is 10.1. The molecule has 0 saturated carbocycles. The van der Waals surface area contributed by atoms with E-state index in [-0.39, 0.29) is 17.9 Å². The van der Waals surface area contributed by atoms with Crippen molar-refractivity contribution >= 4 is 38.9 Å². The Hall–Kier alpha value is -3.00. The summed E-state index contributed by atoms with van der Waals surface area (Å²) >= 11 is 1.45. The summed E-state index contributed by atoms with van der Waals surface area (Å²) in [5.74, 6) is -0.0428. The Labute approximate surface area is 154 Å². The highest BCUT2D eigenvalue weighted by atomic mass is 32.1. The molecule has 0 unspecified atom stereocenters. The van der Waals surface area contributed by atoms with Gasteiger partial charge in [-0.1, -0.05) is 12.1 Å². The average molecular weight is 369 g/mol. The molecule has 0 aliphatic carbocycles. The third kappa shape index (κ3) is 3.65. The highest BCUT2D eigenvalue weighted by molar-refractivity contribution is 7.18. The molecule has 0 bridgehead atoms. The maximum atomic E-state index is 12.2. The van der Waals surface area contributed by atoms with Crippen molar-refractivity contribution in [1.29, 1.82) is 0 Å². The van der Waals surface area contributed by atoms with Crippen molar-refractivity contribution in [3.05, 3.63) is 56.4 Å². The minimum absolute atomic E-state index is 0.0606. The van der Waals surface area contributed by atoms with Crippen molar-refractivity contribution in [1.82, 2.24) is 15.4 Å². The number of benzene rings is 1. The van der Waals surface area contributed by atoms with E-state index in [1.54, 1.807) is 19.1 Å². The van der Waals surface area contributed by atoms with E-state index in [9.17, 15) is 9.59 Å². The summed E-state index contributed by atoms with van der Waals surface area (Å²) in [6.45, 7) is 5.62. The zero-order valence-corrected chi connectivity index (χ0v) is 15.5. The van der Waals surface area contributed by atoms with Crippen molar-refractivity contribution in [2.75, 3.05) is 5.73 Å². The minimum atomic E-state index is -0.360. The van der Waals surface area contributed by atoms with Crippen LogP contribution in [0.1, 0.15) is 28.8 Å². The standard InChI is InChI=1S/C18H19N5O2S/c1-9-11(3)26-18-16(9)17(25)20-14(21-18)8-15(24)23-22-10(2)12-5-4-6-13(19)7-12/h4-7H,8,19H2,1-3H3,(H,23,24)(H,20,21,25)/b22-10-. The first-order valence-corrected chi connectivity index (χ1v) is 8.84. The Kier molecular flexibility index (Phi) is 4.85. The molecule has 2 aromatic heterocycles. The summed E-state index contributed by atoms with van der Waals surface area (Å²) in [5.41, 5.74) is 11.0. The molecule has 0 atom stereocenters. The van der Waals surface area contributed by atoms with E-state index in [2.05, 4.69) is 20.5 Å². The van der Waals surface area contributed by atoms with Crippen molar-refractivity contribution in [2.24, 2.45) is 5.10 Å². The van der Waals surface area contributed by atoms with E-state index >= 15 is 0 Å². The number of anilines is 1. The number of aryl methyl sites for hydroxylation is 2. The van der Waals surface area contributed by atoms with Gasteiger partial charge in [0.2, 0.25) is 5.91 Å². The number of fused-ring (bicyclic) bond motifs is 1. The monoisotopic (exact) mass is 369 g/mol. The van der Waals surface area contributed by atoms with Crippen LogP contribution in [0, 0.1) is 13.8 Å². The van der Waals surface area contributed by atoms with Gasteiger partial charge in [-0.25, -0.2) is 10.4 Å². The van der Waals surface area contributed by atoms with Gasteiger partial charge in [0.05, 0.1) is 17.5 Å². The van der Waals surface area contributed by atoms with Crippen LogP contribution in [0.15, 0.2) is 34.2 Å². The molecule has 2 heterocycles. The second-order valence-electron chi connectivity index (χ2n) is 6.01. The van der Waals surface area contributed by atoms with Crippen LogP contribution in [0.2, 0.25) is 0 Å². The molecule has 8 heteroatoms. The number of hydrogen-bond acceptors (Lipinski definition) is 6. The summed E-state index contributed by atoms with van der Waals surface area (Å²) in [4.78, 5) is 33.1. The Morgan fingerprint density at radius 2 is 2.15 bits per heavy atom. The number of nitrogens with one attached hydrogen (secondary N) is 2. The van der Waals surface area contributed by atoms with Crippen LogP contribution >= 0.6 is 11.3 Å². The van der Waals surface area contributed by atoms with Crippen molar-refractivity contribution in [2.45, 2.75) is 27.2 Å². The fraction of sp³-hybridized carbons (Fsp3) is 0.222. The molecular formula is C18H19N5O2S. The maximum Gasteiger partial charge on any atom is 0.259 e. The van der Waals surface area contributed by atoms with E-state index in [4.69, 9.17) is 5.73 Å². The molecule has 134 valence electrons. The van der Waals surface area contributed by atoms with Crippen LogP contribution in [0.3, 0.4) is 0 Å². The number of hydrazone groups is 1. The number of rotatable bonds is 4. The lowest BCUT2D eigenvalue weighted by molar-refractivity contribution is -0.120. The van der Waals surface area contributed by atoms with Gasteiger partial charge in [0.1, 0.15) is 10.7 Å². The van der Waals surface area contributed by atoms with Gasteiger partial charge in [0, 0.05) is 10.6 Å². The van der Waals surface area contributed by atoms with Crippen molar-refractivity contribution in [3.8, 4) is 0 Å². The van der Waals surface area contributed by atoms with Gasteiger partial charge in [-0.2, -0.15) is 5.10 Å². The topological polar surface area (TPSA) is 113 Å². The number of carbonyl (C=O) groups is 1. The average Bonchev–Trinajstić information content (AvgIpc) is 2.87. The predicted molar refractivity (Wildman–Crippen MR) is 105 cm³/mol. The molecule has 26 heavy (non-hydrogen) atoms. The smallest absolute Gasteiger partial charge is 0.259 e. The number of carbonyl (C=O) groups excluding carboxylic acids is 1. The van der Waals surface area contributed by atoms with E-state index < -0.39 is 0 Å². The number of nitrogens with two attached hydrogens (primary N) is 1. The Morgan fingerprint density at radius 3 is 2.88 bits per heavy atom. The second kappa shape index (κ2) is 7.09. The van der Waals surface area contributed by atoms with Gasteiger partial charge in [-0.3, -0.25) is 9.59 Å². The SMILES string of the molecule is C/C(=N/NC(=O)Cc1nc2sc(C)c(C)c2c(=O)[nH]1)c1cccc(N)c1. The van der Waals surface area contributed by atoms with Gasteiger partial charge in [-0.05, 0) is 44.0 Å². The third-order valence-electron chi connectivity index (χ3n) is 4.07. The van der Waals surface area contributed by atoms with Crippen LogP contribution in [-0.4, -0.2) is 21.6 Å². The predicted octanol–water partition coefficient (Wildman–Crippen LogP) is 2.27. The number of aromatic nitrogens is 2. The first kappa shape index (κ1) is 17.8. The Balaban J connectivity index is 1.75. The minimum Gasteiger partial charge on any atom is -0.399 e. The normalized spacial score (nSPS) is 11.7. The third-order valence-corrected chi connectivity index (χ3v) is 5.17. The molecule has 1 aromatic carbocycles. The maximum absolute atomic E-state index is 12.2. The second-order valence-corrected chi connectivity index (χ2v) is 7.21. The van der Waals surface area contributed by atoms with Crippen molar-refractivity contribution < 1.29 is 4.79 Å². The molecule has 1 amide bonds. The van der Waals surface area contributed by atoms with Crippen LogP contribution in [0.4, 0.5) is 5.69 Å². The zero-order valence-electron chi connectivity index (χ0n) is 14.7. The van der Waals surface area contributed by atoms with Gasteiger partial charge >= 0.3 is 0 Å². The molecule has 0 fully saturated rings. The lowest BCUT2D eigenvalue weighted by Crippen LogP contribution is -2.24. The molecule has 0 spiro atoms. The lowest BCUT2D eigenvalue weighted by Gasteiger charge is -2.04. The van der Waals surface area contributed by atoms with Crippen LogP contribution < -0.4 is 16.7 Å². The molecular weight excluding hydrogens is 350 g/mol. The van der Waals surface area contributed by atoms with Crippen LogP contribution in [-0.2, 0) is 11.2 Å². The fourth-order valence-electron chi connectivity index (χ4n) is 2.55. The quantitative estimate of drug-likeness (QED) is 0.372. The number of thiophene rings is 1. The summed E-state index contributed by atoms with van der Waals surface area (Å²) in [5, 5.41) is 4.67. The number of H-pyrrole nitrogens is 1. The van der Waals surface area contributed by atoms with Crippen LogP contribution in [0.25, 0.3) is 10.2 Å². The number of aromatic amines is 1. The Bertz CT molecular complexity index is 1080. The molecule has 3 rings (SSSR count). The summed E-state index contributed by atoms with van der Waals surface area (Å²) < 4.78 is 0. The molecule has 0 radical (unpaired) electrons. The highest BCUT2D eigenvalue weighted by Gasteiger charge is 2.13. The number of nitrogens with zero attached hydrogens (tertiary/aromatic N) is 2. The highest BCUT2D eigenvalue weighted by Crippen LogP contribution is 2.25. The van der Waals surface area contributed by atoms with Gasteiger partial charge in [0.25, 0.3) is 5.56 Å². The molecule has 3 aromatic rings. The Morgan fingerprint density at radius 1 is 1.38 bits per heavy atom. The van der Waals surface area contributed by atoms with Gasteiger partial charge < -0.3 is 10.7 Å². The molecule has 0 saturated heterocycles. The summed E-state index contributed by atoms with van der Waals surface area (Å²) in [6, 6.07) is 7.23. The molecule has 0 aliphatic rings. The summed E-state index contributed by atoms with van der Waals surface area (Å²) in [7, 11) is 0. The van der Waals surface area contributed by atoms with Gasteiger partial charge in [0.15, 0.2) is 0 Å². The van der Waals surface area contributed by atoms with E-state index in [1.165, 1.54) is 11.3 Å². The van der Waals surface area contributed by atoms with E-state index in [0.717, 1.165) is 16.0 Å². The van der Waals surface area contributed by atoms with Crippen molar-refractivity contribution in [3.63, 3.8) is 0 Å². The fourth-order valence-corrected chi connectivity index (χ4v) is 3.60. The van der Waals surface area contributed by atoms with Crippen LogP contribution in [0.5, 0.6) is 0 Å². The molecule has 7 nitrogen and oxygen atoms in total. The first-order valence-electron chi connectivity index (χ1n) is 8.03. The largest absolute Gasteiger partial charge is 0.399 e. The van der Waals surface area contributed by atoms with Gasteiger partial charge in [-0.15, -0.1) is 11.3 Å². The first-order chi connectivity index (χ1) is 12.3. The number of nitrogen functional groups attached to an aromatic ring is 1. The van der Waals surface area contributed by atoms with E-state index in [1.807, 2.05) is 26.0 Å². The zero-order chi connectivity index (χ0) is 18.8. The molecule has 0 aliphatic heterocycles. The number of hydrogen-bond donors (Lipinski definition) is 3.